The number of hydrogen-bond donors (Lipinski definition) is 1. The van der Waals surface area contributed by atoms with Crippen LogP contribution in [0.25, 0.3) is 0 Å². The fourth-order valence-corrected chi connectivity index (χ4v) is 3.13. The third-order valence-electron chi connectivity index (χ3n) is 2.39. The molecule has 0 unspecified atom stereocenters. The molecule has 1 aromatic carbocycles. The maximum Gasteiger partial charge on any atom is 0.252 e. The fraction of sp³-hybridized carbons (Fsp3) is 0.154. The predicted octanol–water partition coefficient (Wildman–Crippen LogP) is 4.51. The highest BCUT2D eigenvalue weighted by molar-refractivity contribution is 9.11. The van der Waals surface area contributed by atoms with Gasteiger partial charge in [0.05, 0.1) is 12.1 Å². The molecule has 0 fully saturated rings. The summed E-state index contributed by atoms with van der Waals surface area (Å²) in [5.74, 6) is -0.0748. The number of nitrogens with one attached hydrogen (secondary N) is 1. The van der Waals surface area contributed by atoms with Gasteiger partial charge in [0.1, 0.15) is 0 Å². The van der Waals surface area contributed by atoms with Gasteiger partial charge < -0.3 is 5.32 Å². The first-order chi connectivity index (χ1) is 8.56. The van der Waals surface area contributed by atoms with E-state index in [-0.39, 0.29) is 5.91 Å². The Labute approximate surface area is 127 Å². The number of hydrogen-bond acceptors (Lipinski definition) is 2. The van der Waals surface area contributed by atoms with Gasteiger partial charge in [-0.25, -0.2) is 0 Å². The Morgan fingerprint density at radius 3 is 2.72 bits per heavy atom. The zero-order chi connectivity index (χ0) is 13.1. The lowest BCUT2D eigenvalue weighted by molar-refractivity contribution is 0.0950. The topological polar surface area (TPSA) is 29.1 Å². The molecule has 0 aliphatic heterocycles. The summed E-state index contributed by atoms with van der Waals surface area (Å²) in [6.07, 6.45) is 0. The zero-order valence-electron chi connectivity index (χ0n) is 9.67. The maximum absolute atomic E-state index is 12.0. The molecular weight excluding hydrogens is 378 g/mol. The number of carbonyl (C=O) groups excluding carboxylic acids is 1. The number of benzene rings is 1. The van der Waals surface area contributed by atoms with Gasteiger partial charge in [-0.05, 0) is 53.2 Å². The highest BCUT2D eigenvalue weighted by atomic mass is 79.9. The van der Waals surface area contributed by atoms with E-state index in [2.05, 4.69) is 50.2 Å². The molecule has 94 valence electrons. The number of amides is 1. The molecular formula is C13H11Br2NOS. The lowest BCUT2D eigenvalue weighted by Gasteiger charge is -2.06. The van der Waals surface area contributed by atoms with Crippen molar-refractivity contribution in [2.75, 3.05) is 0 Å². The second-order valence-corrected chi connectivity index (χ2v) is 6.96. The Balaban J connectivity index is 2.05. The molecule has 5 heteroatoms. The van der Waals surface area contributed by atoms with Crippen LogP contribution < -0.4 is 5.32 Å². The molecule has 0 saturated carbocycles. The largest absolute Gasteiger partial charge is 0.347 e. The normalized spacial score (nSPS) is 10.4. The van der Waals surface area contributed by atoms with Crippen LogP contribution in [0, 0.1) is 6.92 Å². The minimum atomic E-state index is -0.0748. The van der Waals surface area contributed by atoms with E-state index in [1.807, 2.05) is 18.2 Å². The minimum absolute atomic E-state index is 0.0748. The van der Waals surface area contributed by atoms with Gasteiger partial charge in [-0.1, -0.05) is 15.9 Å². The standard InChI is InChI=1S/C13H11Br2NOS/c1-8-2-4-10(18-8)7-16-13(17)11-6-9(14)3-5-12(11)15/h2-6H,7H2,1H3,(H,16,17). The molecule has 0 saturated heterocycles. The van der Waals surface area contributed by atoms with E-state index in [4.69, 9.17) is 0 Å². The molecule has 0 spiro atoms. The van der Waals surface area contributed by atoms with Gasteiger partial charge in [0.2, 0.25) is 0 Å². The van der Waals surface area contributed by atoms with Crippen LogP contribution >= 0.6 is 43.2 Å². The third-order valence-corrected chi connectivity index (χ3v) is 4.58. The molecule has 18 heavy (non-hydrogen) atoms. The summed E-state index contributed by atoms with van der Waals surface area (Å²) < 4.78 is 1.69. The van der Waals surface area contributed by atoms with Crippen molar-refractivity contribution in [3.8, 4) is 0 Å². The molecule has 1 amide bonds. The SMILES string of the molecule is Cc1ccc(CNC(=O)c2cc(Br)ccc2Br)s1. The van der Waals surface area contributed by atoms with Crippen molar-refractivity contribution in [2.45, 2.75) is 13.5 Å². The first-order valence-electron chi connectivity index (χ1n) is 5.35. The summed E-state index contributed by atoms with van der Waals surface area (Å²) in [5.41, 5.74) is 0.637. The van der Waals surface area contributed by atoms with Crippen molar-refractivity contribution in [3.63, 3.8) is 0 Å². The Hall–Kier alpha value is -0.650. The minimum Gasteiger partial charge on any atom is -0.347 e. The Kier molecular flexibility index (Phi) is 4.59. The number of halogens is 2. The van der Waals surface area contributed by atoms with E-state index in [0.29, 0.717) is 12.1 Å². The van der Waals surface area contributed by atoms with Gasteiger partial charge in [-0.15, -0.1) is 11.3 Å². The van der Waals surface area contributed by atoms with E-state index in [0.717, 1.165) is 13.8 Å². The van der Waals surface area contributed by atoms with Crippen LogP contribution in [0.15, 0.2) is 39.3 Å². The van der Waals surface area contributed by atoms with Crippen LogP contribution in [0.4, 0.5) is 0 Å². The second kappa shape index (κ2) is 5.99. The summed E-state index contributed by atoms with van der Waals surface area (Å²) in [6, 6.07) is 9.65. The summed E-state index contributed by atoms with van der Waals surface area (Å²) in [4.78, 5) is 14.5. The summed E-state index contributed by atoms with van der Waals surface area (Å²) >= 11 is 8.44. The van der Waals surface area contributed by atoms with Gasteiger partial charge in [0, 0.05) is 18.7 Å². The molecule has 1 aromatic heterocycles. The van der Waals surface area contributed by atoms with E-state index in [1.165, 1.54) is 4.88 Å². The molecule has 1 N–H and O–H groups in total. The molecule has 0 radical (unpaired) electrons. The highest BCUT2D eigenvalue weighted by Gasteiger charge is 2.10. The average Bonchev–Trinajstić information content (AvgIpc) is 2.75. The molecule has 2 rings (SSSR count). The first-order valence-corrected chi connectivity index (χ1v) is 7.75. The van der Waals surface area contributed by atoms with Gasteiger partial charge in [-0.3, -0.25) is 4.79 Å². The van der Waals surface area contributed by atoms with Crippen molar-refractivity contribution >= 4 is 49.1 Å². The smallest absolute Gasteiger partial charge is 0.252 e. The van der Waals surface area contributed by atoms with Crippen molar-refractivity contribution in [1.29, 1.82) is 0 Å². The van der Waals surface area contributed by atoms with Gasteiger partial charge in [-0.2, -0.15) is 0 Å². The number of carbonyl (C=O) groups is 1. The van der Waals surface area contributed by atoms with Crippen molar-refractivity contribution in [2.24, 2.45) is 0 Å². The molecule has 0 aliphatic rings. The summed E-state index contributed by atoms with van der Waals surface area (Å²) in [6.45, 7) is 2.62. The first kappa shape index (κ1) is 13.8. The number of rotatable bonds is 3. The van der Waals surface area contributed by atoms with Crippen molar-refractivity contribution < 1.29 is 4.79 Å². The Morgan fingerprint density at radius 2 is 2.06 bits per heavy atom. The second-order valence-electron chi connectivity index (χ2n) is 3.82. The van der Waals surface area contributed by atoms with E-state index in [1.54, 1.807) is 17.4 Å². The van der Waals surface area contributed by atoms with Crippen LogP contribution in [-0.4, -0.2) is 5.91 Å². The van der Waals surface area contributed by atoms with Crippen molar-refractivity contribution in [1.82, 2.24) is 5.32 Å². The van der Waals surface area contributed by atoms with Crippen LogP contribution in [0.5, 0.6) is 0 Å². The van der Waals surface area contributed by atoms with Crippen LogP contribution in [-0.2, 0) is 6.54 Å². The van der Waals surface area contributed by atoms with Crippen LogP contribution in [0.2, 0.25) is 0 Å². The van der Waals surface area contributed by atoms with Crippen molar-refractivity contribution in [3.05, 3.63) is 54.6 Å². The maximum atomic E-state index is 12.0. The van der Waals surface area contributed by atoms with Gasteiger partial charge in [0.15, 0.2) is 0 Å². The molecule has 1 heterocycles. The summed E-state index contributed by atoms with van der Waals surface area (Å²) in [5, 5.41) is 2.92. The highest BCUT2D eigenvalue weighted by Crippen LogP contribution is 2.22. The fourth-order valence-electron chi connectivity index (χ4n) is 1.51. The van der Waals surface area contributed by atoms with Gasteiger partial charge >= 0.3 is 0 Å². The van der Waals surface area contributed by atoms with E-state index >= 15 is 0 Å². The third kappa shape index (κ3) is 3.43. The molecule has 2 nitrogen and oxygen atoms in total. The van der Waals surface area contributed by atoms with Crippen LogP contribution in [0.1, 0.15) is 20.1 Å². The number of thiophene rings is 1. The summed E-state index contributed by atoms with van der Waals surface area (Å²) in [7, 11) is 0. The van der Waals surface area contributed by atoms with Gasteiger partial charge in [0.25, 0.3) is 5.91 Å². The predicted molar refractivity (Wildman–Crippen MR) is 82.1 cm³/mol. The van der Waals surface area contributed by atoms with Crippen LogP contribution in [0.3, 0.4) is 0 Å². The molecule has 0 aliphatic carbocycles. The lowest BCUT2D eigenvalue weighted by Crippen LogP contribution is -2.22. The quantitative estimate of drug-likeness (QED) is 0.823. The average molecular weight is 389 g/mol. The monoisotopic (exact) mass is 387 g/mol. The number of aryl methyl sites for hydroxylation is 1. The molecule has 0 bridgehead atoms. The van der Waals surface area contributed by atoms with E-state index in [9.17, 15) is 4.79 Å². The molecule has 2 aromatic rings. The Morgan fingerprint density at radius 1 is 1.28 bits per heavy atom. The Bertz CT molecular complexity index is 580. The lowest BCUT2D eigenvalue weighted by atomic mass is 10.2. The zero-order valence-corrected chi connectivity index (χ0v) is 13.7. The van der Waals surface area contributed by atoms with E-state index < -0.39 is 0 Å². The molecule has 0 atom stereocenters.